The van der Waals surface area contributed by atoms with Crippen molar-refractivity contribution >= 4 is 23.4 Å². The molecule has 1 amide bonds. The molecule has 1 aliphatic carbocycles. The first-order chi connectivity index (χ1) is 14.1. The van der Waals surface area contributed by atoms with Crippen molar-refractivity contribution < 1.29 is 15.0 Å². The van der Waals surface area contributed by atoms with E-state index >= 15 is 0 Å². The van der Waals surface area contributed by atoms with E-state index in [2.05, 4.69) is 10.2 Å². The quantitative estimate of drug-likeness (QED) is 0.527. The summed E-state index contributed by atoms with van der Waals surface area (Å²) in [7, 11) is 0. The zero-order valence-electron chi connectivity index (χ0n) is 16.9. The third-order valence-corrected chi connectivity index (χ3v) is 8.22. The number of morpholine rings is 1. The summed E-state index contributed by atoms with van der Waals surface area (Å²) >= 11 is 1.87. The Labute approximate surface area is 174 Å². The lowest BCUT2D eigenvalue weighted by atomic mass is 9.95. The van der Waals surface area contributed by atoms with Crippen LogP contribution in [0, 0.1) is 6.92 Å². The normalized spacial score (nSPS) is 29.9. The number of quaternary nitrogens is 1. The van der Waals surface area contributed by atoms with Crippen LogP contribution in [0.1, 0.15) is 41.7 Å². The monoisotopic (exact) mass is 420 g/mol. The lowest BCUT2D eigenvalue weighted by Crippen LogP contribution is -2.89. The van der Waals surface area contributed by atoms with E-state index in [1.807, 2.05) is 29.1 Å². The zero-order valence-corrected chi connectivity index (χ0v) is 17.7. The Balaban J connectivity index is 1.33. The molecule has 8 nitrogen and oxygen atoms in total. The van der Waals surface area contributed by atoms with Crippen LogP contribution >= 0.6 is 11.8 Å². The van der Waals surface area contributed by atoms with Gasteiger partial charge in [0.05, 0.1) is 19.3 Å². The Hall–Kier alpha value is -1.39. The maximum absolute atomic E-state index is 13.3. The summed E-state index contributed by atoms with van der Waals surface area (Å²) in [5.74, 6) is 0.0151. The average Bonchev–Trinajstić information content (AvgIpc) is 3.29. The molecule has 4 aliphatic rings. The Bertz CT molecular complexity index is 839. The molecule has 1 aromatic rings. The molecule has 5 rings (SSSR count). The van der Waals surface area contributed by atoms with Crippen molar-refractivity contribution in [2.75, 3.05) is 32.8 Å². The number of amides is 1. The van der Waals surface area contributed by atoms with Gasteiger partial charge in [0.1, 0.15) is 5.56 Å². The van der Waals surface area contributed by atoms with Gasteiger partial charge in [-0.1, -0.05) is 12.8 Å². The maximum Gasteiger partial charge on any atom is 0.309 e. The van der Waals surface area contributed by atoms with Crippen LogP contribution in [0.4, 0.5) is 5.69 Å². The molecule has 2 saturated heterocycles. The number of pyridine rings is 1. The highest BCUT2D eigenvalue weighted by atomic mass is 32.2. The summed E-state index contributed by atoms with van der Waals surface area (Å²) in [6.07, 6.45) is 4.96. The molecule has 4 heterocycles. The predicted octanol–water partition coefficient (Wildman–Crippen LogP) is -0.0142. The molecule has 3 aliphatic heterocycles. The van der Waals surface area contributed by atoms with Crippen molar-refractivity contribution in [2.45, 2.75) is 55.9 Å². The number of hydrogen-bond donors (Lipinski definition) is 2. The number of nitrogens with one attached hydrogen (secondary N) is 1. The highest BCUT2D eigenvalue weighted by Gasteiger charge is 2.46. The Morgan fingerprint density at radius 3 is 2.79 bits per heavy atom. The van der Waals surface area contributed by atoms with Crippen molar-refractivity contribution in [3.63, 3.8) is 0 Å². The molecule has 9 heteroatoms. The van der Waals surface area contributed by atoms with Gasteiger partial charge in [0, 0.05) is 43.2 Å². The minimum absolute atomic E-state index is 0.0151. The first kappa shape index (κ1) is 19.6. The second-order valence-corrected chi connectivity index (χ2v) is 9.75. The zero-order chi connectivity index (χ0) is 20.0. The number of carbonyl (C=O) groups excluding carboxylic acids is 1. The molecule has 158 valence electrons. The second-order valence-electron chi connectivity index (χ2n) is 8.43. The Morgan fingerprint density at radius 1 is 1.21 bits per heavy atom. The van der Waals surface area contributed by atoms with Crippen LogP contribution in [-0.2, 0) is 11.3 Å². The fraction of sp³-hybridized carbons (Fsp3) is 0.700. The van der Waals surface area contributed by atoms with Gasteiger partial charge >= 0.3 is 5.91 Å². The van der Waals surface area contributed by atoms with E-state index in [-0.39, 0.29) is 17.0 Å². The van der Waals surface area contributed by atoms with E-state index in [0.29, 0.717) is 23.4 Å². The van der Waals surface area contributed by atoms with Gasteiger partial charge in [0.15, 0.2) is 11.2 Å². The lowest BCUT2D eigenvalue weighted by Gasteiger charge is -2.27. The molecule has 0 aromatic carbocycles. The number of nitrogens with two attached hydrogens (primary N) is 1. The van der Waals surface area contributed by atoms with Gasteiger partial charge in [-0.25, -0.2) is 5.43 Å². The fourth-order valence-electron chi connectivity index (χ4n) is 5.01. The van der Waals surface area contributed by atoms with E-state index in [9.17, 15) is 9.59 Å². The van der Waals surface area contributed by atoms with Gasteiger partial charge in [0.2, 0.25) is 0 Å². The number of aromatic nitrogens is 1. The van der Waals surface area contributed by atoms with E-state index in [1.165, 1.54) is 25.7 Å². The predicted molar refractivity (Wildman–Crippen MR) is 111 cm³/mol. The highest BCUT2D eigenvalue weighted by Crippen LogP contribution is 2.38. The Morgan fingerprint density at radius 2 is 2.00 bits per heavy atom. The van der Waals surface area contributed by atoms with Crippen LogP contribution in [0.2, 0.25) is 0 Å². The summed E-state index contributed by atoms with van der Waals surface area (Å²) in [6, 6.07) is 2.13. The van der Waals surface area contributed by atoms with E-state index in [0.717, 1.165) is 44.2 Å². The smallest absolute Gasteiger partial charge is 0.309 e. The molecular formula is C20H30N5O3S+. The first-order valence-electron chi connectivity index (χ1n) is 10.8. The van der Waals surface area contributed by atoms with Crippen LogP contribution in [-0.4, -0.2) is 70.0 Å². The van der Waals surface area contributed by atoms with Crippen molar-refractivity contribution in [1.82, 2.24) is 19.8 Å². The molecule has 3 unspecified atom stereocenters. The largest absolute Gasteiger partial charge is 0.379 e. The molecule has 3 fully saturated rings. The molecule has 3 N–H and O–H groups in total. The maximum atomic E-state index is 13.3. The van der Waals surface area contributed by atoms with Gasteiger partial charge in [-0.2, -0.15) is 5.01 Å². The van der Waals surface area contributed by atoms with Crippen LogP contribution in [0.5, 0.6) is 0 Å². The van der Waals surface area contributed by atoms with Gasteiger partial charge in [-0.05, 0) is 19.8 Å². The summed E-state index contributed by atoms with van der Waals surface area (Å²) in [5.41, 5.74) is 4.05. The van der Waals surface area contributed by atoms with Crippen molar-refractivity contribution in [1.29, 1.82) is 0 Å². The van der Waals surface area contributed by atoms with E-state index in [4.69, 9.17) is 4.74 Å². The second kappa shape index (κ2) is 8.03. The third-order valence-electron chi connectivity index (χ3n) is 6.69. The molecule has 1 aromatic heterocycles. The van der Waals surface area contributed by atoms with Gasteiger partial charge in [0.25, 0.3) is 5.56 Å². The van der Waals surface area contributed by atoms with Crippen LogP contribution in [0.15, 0.2) is 10.9 Å². The minimum Gasteiger partial charge on any atom is -0.379 e. The SMILES string of the molecule is Cc1c2c(cc(=O)n1CCN1CCOCC1)[NH2+]N(C1NC3CCCCC3S1)C2=O. The van der Waals surface area contributed by atoms with E-state index < -0.39 is 0 Å². The Kier molecular flexibility index (Phi) is 5.42. The molecule has 0 radical (unpaired) electrons. The average molecular weight is 421 g/mol. The van der Waals surface area contributed by atoms with Crippen LogP contribution in [0.3, 0.4) is 0 Å². The topological polar surface area (TPSA) is 83.4 Å². The van der Waals surface area contributed by atoms with Gasteiger partial charge < -0.3 is 9.30 Å². The summed E-state index contributed by atoms with van der Waals surface area (Å²) in [5, 5.41) is 6.05. The summed E-state index contributed by atoms with van der Waals surface area (Å²) < 4.78 is 7.16. The molecule has 3 atom stereocenters. The molecule has 29 heavy (non-hydrogen) atoms. The number of rotatable bonds is 4. The van der Waals surface area contributed by atoms with Crippen molar-refractivity contribution in [3.8, 4) is 0 Å². The molecule has 0 spiro atoms. The van der Waals surface area contributed by atoms with Gasteiger partial charge in [-0.3, -0.25) is 19.8 Å². The number of fused-ring (bicyclic) bond motifs is 2. The molecular weight excluding hydrogens is 390 g/mol. The van der Waals surface area contributed by atoms with Gasteiger partial charge in [-0.15, -0.1) is 11.8 Å². The standard InChI is InChI=1S/C20H29N5O3S/c1-13-18-15(12-17(26)24(13)7-6-23-8-10-28-11-9-23)22-25(19(18)27)20-21-14-4-2-3-5-16(14)29-20/h12,14,16,20-22H,2-11H2,1H3/p+1. The number of ether oxygens (including phenoxy) is 1. The lowest BCUT2D eigenvalue weighted by molar-refractivity contribution is -0.714. The third kappa shape index (κ3) is 3.63. The summed E-state index contributed by atoms with van der Waals surface area (Å²) in [4.78, 5) is 28.3. The number of carbonyl (C=O) groups is 1. The van der Waals surface area contributed by atoms with Crippen LogP contribution < -0.4 is 16.3 Å². The summed E-state index contributed by atoms with van der Waals surface area (Å²) in [6.45, 7) is 6.59. The number of nitrogens with zero attached hydrogens (tertiary/aromatic N) is 3. The molecule has 0 bridgehead atoms. The minimum atomic E-state index is -0.0284. The fourth-order valence-corrected chi connectivity index (χ4v) is 6.59. The highest BCUT2D eigenvalue weighted by molar-refractivity contribution is 8.00. The van der Waals surface area contributed by atoms with E-state index in [1.54, 1.807) is 10.6 Å². The first-order valence-corrected chi connectivity index (χ1v) is 11.7. The van der Waals surface area contributed by atoms with Crippen LogP contribution in [0.25, 0.3) is 0 Å². The number of thioether (sulfide) groups is 1. The molecule has 1 saturated carbocycles. The van der Waals surface area contributed by atoms with Crippen molar-refractivity contribution in [2.24, 2.45) is 0 Å². The number of hydrogen-bond acceptors (Lipinski definition) is 6. The van der Waals surface area contributed by atoms with Crippen molar-refractivity contribution in [3.05, 3.63) is 27.7 Å².